The Kier molecular flexibility index (Phi) is 7.00. The van der Waals surface area contributed by atoms with Crippen molar-refractivity contribution in [3.05, 3.63) is 59.7 Å². The summed E-state index contributed by atoms with van der Waals surface area (Å²) in [6.45, 7) is 0. The third kappa shape index (κ3) is 5.60. The van der Waals surface area contributed by atoms with Crippen molar-refractivity contribution in [3.63, 3.8) is 0 Å². The molecule has 0 atom stereocenters. The van der Waals surface area contributed by atoms with E-state index in [1.165, 1.54) is 38.5 Å². The van der Waals surface area contributed by atoms with Crippen molar-refractivity contribution in [3.8, 4) is 23.0 Å². The van der Waals surface area contributed by atoms with E-state index in [-0.39, 0.29) is 48.1 Å². The fourth-order valence-corrected chi connectivity index (χ4v) is 2.51. The SMILES string of the molecule is COc1cc(CC(=O)C/C=C/CC(=O)c2ccc(O)c(OC)c2)ccc1O. The molecule has 0 amide bonds. The van der Waals surface area contributed by atoms with Crippen molar-refractivity contribution < 1.29 is 29.3 Å². The number of carbonyl (C=O) groups excluding carboxylic acids is 2. The van der Waals surface area contributed by atoms with Gasteiger partial charge in [0, 0.05) is 24.8 Å². The lowest BCUT2D eigenvalue weighted by Crippen LogP contribution is -2.02. The number of ketones is 2. The first-order valence-corrected chi connectivity index (χ1v) is 8.37. The molecule has 0 saturated heterocycles. The topological polar surface area (TPSA) is 93.1 Å². The second-order valence-corrected chi connectivity index (χ2v) is 5.91. The molecule has 0 aromatic heterocycles. The van der Waals surface area contributed by atoms with E-state index < -0.39 is 0 Å². The van der Waals surface area contributed by atoms with Gasteiger partial charge < -0.3 is 19.7 Å². The van der Waals surface area contributed by atoms with Crippen LogP contribution in [0.2, 0.25) is 0 Å². The monoisotopic (exact) mass is 370 g/mol. The Bertz CT molecular complexity index is 854. The zero-order valence-electron chi connectivity index (χ0n) is 15.3. The van der Waals surface area contributed by atoms with Gasteiger partial charge in [0.25, 0.3) is 0 Å². The molecule has 2 aromatic rings. The molecule has 0 aliphatic carbocycles. The average Bonchev–Trinajstić information content (AvgIpc) is 2.66. The molecule has 0 radical (unpaired) electrons. The summed E-state index contributed by atoms with van der Waals surface area (Å²) >= 11 is 0. The van der Waals surface area contributed by atoms with Gasteiger partial charge in [0.15, 0.2) is 28.8 Å². The second-order valence-electron chi connectivity index (χ2n) is 5.91. The fourth-order valence-electron chi connectivity index (χ4n) is 2.51. The van der Waals surface area contributed by atoms with E-state index in [0.29, 0.717) is 11.3 Å². The molecule has 6 nitrogen and oxygen atoms in total. The highest BCUT2D eigenvalue weighted by Gasteiger charge is 2.09. The number of methoxy groups -OCH3 is 2. The first-order chi connectivity index (χ1) is 12.9. The van der Waals surface area contributed by atoms with Crippen LogP contribution in [0.25, 0.3) is 0 Å². The van der Waals surface area contributed by atoms with Gasteiger partial charge in [-0.1, -0.05) is 18.2 Å². The van der Waals surface area contributed by atoms with E-state index in [4.69, 9.17) is 9.47 Å². The Morgan fingerprint density at radius 2 is 1.48 bits per heavy atom. The van der Waals surface area contributed by atoms with Gasteiger partial charge in [-0.2, -0.15) is 0 Å². The van der Waals surface area contributed by atoms with Crippen LogP contribution in [0, 0.1) is 0 Å². The number of Topliss-reactive ketones (excluding diaryl/α,β-unsaturated/α-hetero) is 2. The summed E-state index contributed by atoms with van der Waals surface area (Å²) in [5.74, 6) is 0.409. The minimum Gasteiger partial charge on any atom is -0.504 e. The Hall–Kier alpha value is -3.28. The molecule has 2 N–H and O–H groups in total. The number of phenolic OH excluding ortho intramolecular Hbond substituents is 2. The molecule has 0 fully saturated rings. The summed E-state index contributed by atoms with van der Waals surface area (Å²) in [6, 6.07) is 9.19. The summed E-state index contributed by atoms with van der Waals surface area (Å²) in [5, 5.41) is 19.1. The third-order valence-corrected chi connectivity index (χ3v) is 3.96. The molecule has 6 heteroatoms. The molecule has 2 rings (SSSR count). The number of aromatic hydroxyl groups is 2. The minimum atomic E-state index is -0.139. The van der Waals surface area contributed by atoms with Crippen LogP contribution in [0.4, 0.5) is 0 Å². The predicted molar refractivity (Wildman–Crippen MR) is 101 cm³/mol. The number of hydrogen-bond acceptors (Lipinski definition) is 6. The van der Waals surface area contributed by atoms with E-state index in [1.54, 1.807) is 24.3 Å². The lowest BCUT2D eigenvalue weighted by Gasteiger charge is -2.06. The van der Waals surface area contributed by atoms with Crippen LogP contribution in [0.15, 0.2) is 48.6 Å². The molecule has 27 heavy (non-hydrogen) atoms. The van der Waals surface area contributed by atoms with Crippen LogP contribution in [0.5, 0.6) is 23.0 Å². The molecule has 142 valence electrons. The first-order valence-electron chi connectivity index (χ1n) is 8.37. The number of ether oxygens (including phenoxy) is 2. The zero-order valence-corrected chi connectivity index (χ0v) is 15.3. The van der Waals surface area contributed by atoms with Crippen LogP contribution in [0.3, 0.4) is 0 Å². The summed E-state index contributed by atoms with van der Waals surface area (Å²) in [6.07, 6.45) is 3.88. The van der Waals surface area contributed by atoms with E-state index in [1.807, 2.05) is 0 Å². The Morgan fingerprint density at radius 1 is 0.889 bits per heavy atom. The highest BCUT2D eigenvalue weighted by Crippen LogP contribution is 2.27. The van der Waals surface area contributed by atoms with Crippen LogP contribution < -0.4 is 9.47 Å². The molecule has 2 aromatic carbocycles. The molecule has 0 unspecified atom stereocenters. The van der Waals surface area contributed by atoms with E-state index in [9.17, 15) is 19.8 Å². The number of allylic oxidation sites excluding steroid dienone is 2. The average molecular weight is 370 g/mol. The van der Waals surface area contributed by atoms with Crippen LogP contribution in [0.1, 0.15) is 28.8 Å². The maximum Gasteiger partial charge on any atom is 0.166 e. The van der Waals surface area contributed by atoms with E-state index in [0.717, 1.165) is 5.56 Å². The van der Waals surface area contributed by atoms with Crippen molar-refractivity contribution in [2.24, 2.45) is 0 Å². The second kappa shape index (κ2) is 9.43. The van der Waals surface area contributed by atoms with Crippen molar-refractivity contribution in [1.82, 2.24) is 0 Å². The quantitative estimate of drug-likeness (QED) is 0.519. The van der Waals surface area contributed by atoms with Crippen molar-refractivity contribution in [2.75, 3.05) is 14.2 Å². The van der Waals surface area contributed by atoms with E-state index in [2.05, 4.69) is 0 Å². The van der Waals surface area contributed by atoms with Crippen molar-refractivity contribution in [1.29, 1.82) is 0 Å². The zero-order chi connectivity index (χ0) is 19.8. The van der Waals surface area contributed by atoms with Gasteiger partial charge in [0.2, 0.25) is 0 Å². The number of hydrogen-bond donors (Lipinski definition) is 2. The normalized spacial score (nSPS) is 10.7. The lowest BCUT2D eigenvalue weighted by molar-refractivity contribution is -0.117. The molecule has 0 spiro atoms. The van der Waals surface area contributed by atoms with Gasteiger partial charge in [-0.3, -0.25) is 9.59 Å². The lowest BCUT2D eigenvalue weighted by atomic mass is 10.0. The van der Waals surface area contributed by atoms with E-state index >= 15 is 0 Å². The van der Waals surface area contributed by atoms with Gasteiger partial charge in [-0.15, -0.1) is 0 Å². The third-order valence-electron chi connectivity index (χ3n) is 3.96. The highest BCUT2D eigenvalue weighted by atomic mass is 16.5. The van der Waals surface area contributed by atoms with Crippen molar-refractivity contribution >= 4 is 11.6 Å². The summed E-state index contributed by atoms with van der Waals surface area (Å²) in [5.41, 5.74) is 1.17. The largest absolute Gasteiger partial charge is 0.504 e. The number of rotatable bonds is 9. The summed E-state index contributed by atoms with van der Waals surface area (Å²) in [4.78, 5) is 24.2. The van der Waals surface area contributed by atoms with Gasteiger partial charge in [0.05, 0.1) is 14.2 Å². The fraction of sp³-hybridized carbons (Fsp3) is 0.238. The highest BCUT2D eigenvalue weighted by molar-refractivity contribution is 5.97. The molecule has 0 saturated carbocycles. The molecule has 0 aliphatic heterocycles. The smallest absolute Gasteiger partial charge is 0.166 e. The minimum absolute atomic E-state index is 0.0160. The van der Waals surface area contributed by atoms with Crippen LogP contribution >= 0.6 is 0 Å². The molecule has 0 bridgehead atoms. The maximum atomic E-state index is 12.2. The summed E-state index contributed by atoms with van der Waals surface area (Å²) in [7, 11) is 2.86. The molecule has 0 heterocycles. The van der Waals surface area contributed by atoms with Gasteiger partial charge in [-0.05, 0) is 35.9 Å². The number of carbonyl (C=O) groups is 2. The number of benzene rings is 2. The predicted octanol–water partition coefficient (Wildman–Crippen LogP) is 3.45. The molecule has 0 aliphatic rings. The maximum absolute atomic E-state index is 12.2. The van der Waals surface area contributed by atoms with Gasteiger partial charge in [-0.25, -0.2) is 0 Å². The van der Waals surface area contributed by atoms with Crippen molar-refractivity contribution in [2.45, 2.75) is 19.3 Å². The van der Waals surface area contributed by atoms with Crippen LogP contribution in [-0.2, 0) is 11.2 Å². The van der Waals surface area contributed by atoms with Gasteiger partial charge in [0.1, 0.15) is 5.78 Å². The Labute approximate surface area is 157 Å². The standard InChI is InChI=1S/C21H22O6/c1-26-20-12-14(7-9-18(20)24)11-16(22)5-3-4-6-17(23)15-8-10-19(25)21(13-15)27-2/h3-4,7-10,12-13,24-25H,5-6,11H2,1-2H3/b4-3+. The Morgan fingerprint density at radius 3 is 2.15 bits per heavy atom. The first kappa shape index (κ1) is 20.0. The van der Waals surface area contributed by atoms with Crippen LogP contribution in [-0.4, -0.2) is 36.0 Å². The molecular weight excluding hydrogens is 348 g/mol. The summed E-state index contributed by atoms with van der Waals surface area (Å²) < 4.78 is 10.0. The van der Waals surface area contributed by atoms with Gasteiger partial charge >= 0.3 is 0 Å². The Balaban J connectivity index is 1.86. The molecular formula is C21H22O6. The number of phenols is 2.